The molecule has 2 rings (SSSR count). The molecule has 0 unspecified atom stereocenters. The summed E-state index contributed by atoms with van der Waals surface area (Å²) >= 11 is 0. The smallest absolute Gasteiger partial charge is 0.207 e. The molecular formula is C11H10N2O. The average molecular weight is 186 g/mol. The van der Waals surface area contributed by atoms with Crippen molar-refractivity contribution in [3.05, 3.63) is 42.2 Å². The van der Waals surface area contributed by atoms with Gasteiger partial charge in [-0.1, -0.05) is 18.2 Å². The Kier molecular flexibility index (Phi) is 2.40. The molecule has 0 bridgehead atoms. The quantitative estimate of drug-likeness (QED) is 0.738. The topological polar surface area (TPSA) is 42.0 Å². The van der Waals surface area contributed by atoms with E-state index in [4.69, 9.17) is 0 Å². The van der Waals surface area contributed by atoms with Gasteiger partial charge in [-0.05, 0) is 17.0 Å². The number of carbonyl (C=O) groups is 1. The molecule has 0 saturated heterocycles. The Balaban J connectivity index is 2.48. The highest BCUT2D eigenvalue weighted by atomic mass is 16.1. The van der Waals surface area contributed by atoms with E-state index in [0.29, 0.717) is 13.0 Å². The fraction of sp³-hybridized carbons (Fsp3) is 0.0909. The third-order valence-electron chi connectivity index (χ3n) is 2.15. The van der Waals surface area contributed by atoms with Crippen molar-refractivity contribution in [3.8, 4) is 0 Å². The van der Waals surface area contributed by atoms with Crippen LogP contribution in [0.4, 0.5) is 0 Å². The molecule has 0 saturated carbocycles. The number of pyridine rings is 1. The minimum Gasteiger partial charge on any atom is -0.355 e. The molecule has 2 aromatic rings. The van der Waals surface area contributed by atoms with Gasteiger partial charge in [0.15, 0.2) is 0 Å². The van der Waals surface area contributed by atoms with Gasteiger partial charge in [-0.3, -0.25) is 9.78 Å². The number of carbonyl (C=O) groups excluding carboxylic acids is 1. The molecule has 3 heteroatoms. The summed E-state index contributed by atoms with van der Waals surface area (Å²) in [5.41, 5.74) is 1.09. The van der Waals surface area contributed by atoms with Crippen LogP contribution in [0.2, 0.25) is 0 Å². The summed E-state index contributed by atoms with van der Waals surface area (Å²) < 4.78 is 0. The van der Waals surface area contributed by atoms with Crippen LogP contribution in [0.25, 0.3) is 10.8 Å². The van der Waals surface area contributed by atoms with E-state index in [2.05, 4.69) is 10.3 Å². The molecule has 0 aliphatic heterocycles. The SMILES string of the molecule is O=CNCc1cccc2ccncc12. The molecule has 1 N–H and O–H groups in total. The first-order chi connectivity index (χ1) is 6.92. The third kappa shape index (κ3) is 1.57. The van der Waals surface area contributed by atoms with Crippen molar-refractivity contribution in [1.82, 2.24) is 10.3 Å². The average Bonchev–Trinajstić information content (AvgIpc) is 2.26. The fourth-order valence-corrected chi connectivity index (χ4v) is 1.48. The molecule has 0 atom stereocenters. The summed E-state index contributed by atoms with van der Waals surface area (Å²) in [4.78, 5) is 14.3. The van der Waals surface area contributed by atoms with Crippen LogP contribution in [0.5, 0.6) is 0 Å². The molecule has 1 aromatic carbocycles. The number of fused-ring (bicyclic) bond motifs is 1. The first-order valence-electron chi connectivity index (χ1n) is 4.40. The van der Waals surface area contributed by atoms with E-state index in [0.717, 1.165) is 16.3 Å². The summed E-state index contributed by atoms with van der Waals surface area (Å²) in [6, 6.07) is 7.95. The van der Waals surface area contributed by atoms with Gasteiger partial charge >= 0.3 is 0 Å². The van der Waals surface area contributed by atoms with Crippen LogP contribution in [-0.4, -0.2) is 11.4 Å². The van der Waals surface area contributed by atoms with Gasteiger partial charge in [0.2, 0.25) is 6.41 Å². The molecule has 0 spiro atoms. The lowest BCUT2D eigenvalue weighted by Gasteiger charge is -2.04. The highest BCUT2D eigenvalue weighted by molar-refractivity contribution is 5.84. The maximum absolute atomic E-state index is 10.2. The molecule has 0 radical (unpaired) electrons. The number of nitrogens with zero attached hydrogens (tertiary/aromatic N) is 1. The van der Waals surface area contributed by atoms with Crippen molar-refractivity contribution in [1.29, 1.82) is 0 Å². The Labute approximate surface area is 81.8 Å². The van der Waals surface area contributed by atoms with Crippen LogP contribution in [0, 0.1) is 0 Å². The van der Waals surface area contributed by atoms with Gasteiger partial charge in [0.1, 0.15) is 0 Å². The zero-order chi connectivity index (χ0) is 9.80. The summed E-state index contributed by atoms with van der Waals surface area (Å²) in [5.74, 6) is 0. The van der Waals surface area contributed by atoms with Crippen LogP contribution in [0.15, 0.2) is 36.7 Å². The Morgan fingerprint density at radius 3 is 3.14 bits per heavy atom. The van der Waals surface area contributed by atoms with E-state index < -0.39 is 0 Å². The number of benzene rings is 1. The van der Waals surface area contributed by atoms with Crippen LogP contribution in [-0.2, 0) is 11.3 Å². The maximum Gasteiger partial charge on any atom is 0.207 e. The molecule has 0 aliphatic carbocycles. The number of aromatic nitrogens is 1. The highest BCUT2D eigenvalue weighted by Gasteiger charge is 1.98. The van der Waals surface area contributed by atoms with Gasteiger partial charge in [0.05, 0.1) is 0 Å². The summed E-state index contributed by atoms with van der Waals surface area (Å²) in [5, 5.41) is 4.88. The Morgan fingerprint density at radius 1 is 1.36 bits per heavy atom. The van der Waals surface area contributed by atoms with Crippen molar-refractivity contribution in [3.63, 3.8) is 0 Å². The zero-order valence-corrected chi connectivity index (χ0v) is 7.60. The second-order valence-corrected chi connectivity index (χ2v) is 3.01. The summed E-state index contributed by atoms with van der Waals surface area (Å²) in [6.07, 6.45) is 4.28. The Morgan fingerprint density at radius 2 is 2.29 bits per heavy atom. The van der Waals surface area contributed by atoms with E-state index in [1.165, 1.54) is 0 Å². The van der Waals surface area contributed by atoms with Gasteiger partial charge < -0.3 is 5.32 Å². The van der Waals surface area contributed by atoms with Crippen LogP contribution >= 0.6 is 0 Å². The standard InChI is InChI=1S/C11H10N2O/c14-8-13-6-10-3-1-2-9-4-5-12-7-11(9)10/h1-5,7-8H,6H2,(H,13,14). The molecule has 14 heavy (non-hydrogen) atoms. The summed E-state index contributed by atoms with van der Waals surface area (Å²) in [6.45, 7) is 0.548. The van der Waals surface area contributed by atoms with Crippen LogP contribution < -0.4 is 5.32 Å². The second-order valence-electron chi connectivity index (χ2n) is 3.01. The fourth-order valence-electron chi connectivity index (χ4n) is 1.48. The largest absolute Gasteiger partial charge is 0.355 e. The van der Waals surface area contributed by atoms with Gasteiger partial charge in [-0.25, -0.2) is 0 Å². The number of hydrogen-bond acceptors (Lipinski definition) is 2. The minimum atomic E-state index is 0.548. The molecule has 0 aliphatic rings. The van der Waals surface area contributed by atoms with Gasteiger partial charge in [0.25, 0.3) is 0 Å². The van der Waals surface area contributed by atoms with Crippen molar-refractivity contribution in [2.45, 2.75) is 6.54 Å². The first-order valence-corrected chi connectivity index (χ1v) is 4.40. The predicted octanol–water partition coefficient (Wildman–Crippen LogP) is 1.48. The molecule has 70 valence electrons. The lowest BCUT2D eigenvalue weighted by atomic mass is 10.1. The van der Waals surface area contributed by atoms with E-state index in [-0.39, 0.29) is 0 Å². The number of nitrogens with one attached hydrogen (secondary N) is 1. The molecular weight excluding hydrogens is 176 g/mol. The molecule has 3 nitrogen and oxygen atoms in total. The second kappa shape index (κ2) is 3.87. The summed E-state index contributed by atoms with van der Waals surface area (Å²) in [7, 11) is 0. The van der Waals surface area contributed by atoms with Crippen molar-refractivity contribution >= 4 is 17.2 Å². The lowest BCUT2D eigenvalue weighted by molar-refractivity contribution is -0.109. The molecule has 1 aromatic heterocycles. The van der Waals surface area contributed by atoms with E-state index in [9.17, 15) is 4.79 Å². The van der Waals surface area contributed by atoms with Crippen LogP contribution in [0.1, 0.15) is 5.56 Å². The lowest BCUT2D eigenvalue weighted by Crippen LogP contribution is -2.09. The number of amides is 1. The molecule has 1 heterocycles. The minimum absolute atomic E-state index is 0.548. The normalized spacial score (nSPS) is 10.0. The number of rotatable bonds is 3. The first kappa shape index (κ1) is 8.69. The van der Waals surface area contributed by atoms with Gasteiger partial charge in [-0.15, -0.1) is 0 Å². The predicted molar refractivity (Wildman–Crippen MR) is 54.6 cm³/mol. The van der Waals surface area contributed by atoms with Crippen molar-refractivity contribution < 1.29 is 4.79 Å². The Bertz CT molecular complexity index is 448. The zero-order valence-electron chi connectivity index (χ0n) is 7.60. The molecule has 1 amide bonds. The van der Waals surface area contributed by atoms with Crippen molar-refractivity contribution in [2.24, 2.45) is 0 Å². The van der Waals surface area contributed by atoms with Gasteiger partial charge in [-0.2, -0.15) is 0 Å². The Hall–Kier alpha value is -1.90. The molecule has 0 fully saturated rings. The van der Waals surface area contributed by atoms with Crippen LogP contribution in [0.3, 0.4) is 0 Å². The van der Waals surface area contributed by atoms with Gasteiger partial charge in [0, 0.05) is 24.3 Å². The monoisotopic (exact) mass is 186 g/mol. The van der Waals surface area contributed by atoms with E-state index >= 15 is 0 Å². The highest BCUT2D eigenvalue weighted by Crippen LogP contribution is 2.16. The third-order valence-corrected chi connectivity index (χ3v) is 2.15. The number of hydrogen-bond donors (Lipinski definition) is 1. The maximum atomic E-state index is 10.2. The van der Waals surface area contributed by atoms with E-state index in [1.807, 2.05) is 30.5 Å². The van der Waals surface area contributed by atoms with E-state index in [1.54, 1.807) is 6.20 Å². The van der Waals surface area contributed by atoms with Crippen molar-refractivity contribution in [2.75, 3.05) is 0 Å².